The fraction of sp³-hybridized carbons (Fsp3) is 0.0833. The maximum absolute atomic E-state index is 6.20. The lowest BCUT2D eigenvalue weighted by Gasteiger charge is -2.06. The van der Waals surface area contributed by atoms with Crippen LogP contribution in [-0.4, -0.2) is 4.98 Å². The van der Waals surface area contributed by atoms with Crippen molar-refractivity contribution in [3.05, 3.63) is 51.7 Å². The molecule has 0 atom stereocenters. The van der Waals surface area contributed by atoms with Gasteiger partial charge in [0.15, 0.2) is 0 Å². The van der Waals surface area contributed by atoms with Crippen LogP contribution in [0.4, 0.5) is 0 Å². The van der Waals surface area contributed by atoms with Crippen molar-refractivity contribution < 1.29 is 0 Å². The molecule has 0 radical (unpaired) electrons. The Hall–Kier alpha value is -0.900. The summed E-state index contributed by atoms with van der Waals surface area (Å²) in [6.45, 7) is 0.497. The van der Waals surface area contributed by atoms with Crippen molar-refractivity contribution in [3.8, 4) is 11.1 Å². The summed E-state index contributed by atoms with van der Waals surface area (Å²) in [6.07, 6.45) is 3.53. The lowest BCUT2D eigenvalue weighted by atomic mass is 10.1. The number of nitrogens with two attached hydrogens (primary N) is 1. The van der Waals surface area contributed by atoms with Gasteiger partial charge in [0.2, 0.25) is 0 Å². The second kappa shape index (κ2) is 4.95. The number of rotatable bonds is 2. The number of nitrogens with zero attached hydrogens (tertiary/aromatic N) is 1. The number of hydrogen-bond acceptors (Lipinski definition) is 2. The van der Waals surface area contributed by atoms with Crippen molar-refractivity contribution in [2.24, 2.45) is 5.73 Å². The molecular weight excluding hydrogens is 288 g/mol. The summed E-state index contributed by atoms with van der Waals surface area (Å²) < 4.78 is 0.934. The lowest BCUT2D eigenvalue weighted by Crippen LogP contribution is -1.96. The van der Waals surface area contributed by atoms with E-state index in [0.717, 1.165) is 21.2 Å². The van der Waals surface area contributed by atoms with Gasteiger partial charge in [-0.3, -0.25) is 4.98 Å². The van der Waals surface area contributed by atoms with Crippen LogP contribution in [0.3, 0.4) is 0 Å². The molecule has 0 unspecified atom stereocenters. The van der Waals surface area contributed by atoms with E-state index < -0.39 is 0 Å². The second-order valence-electron chi connectivity index (χ2n) is 3.41. The van der Waals surface area contributed by atoms with Crippen LogP contribution in [0.15, 0.2) is 41.1 Å². The molecule has 0 aliphatic heterocycles. The van der Waals surface area contributed by atoms with E-state index in [2.05, 4.69) is 20.9 Å². The van der Waals surface area contributed by atoms with Gasteiger partial charge >= 0.3 is 0 Å². The predicted octanol–water partition coefficient (Wildman–Crippen LogP) is 3.62. The Labute approximate surface area is 108 Å². The van der Waals surface area contributed by atoms with Crippen molar-refractivity contribution in [2.45, 2.75) is 6.54 Å². The van der Waals surface area contributed by atoms with Crippen molar-refractivity contribution >= 4 is 27.5 Å². The highest BCUT2D eigenvalue weighted by atomic mass is 79.9. The van der Waals surface area contributed by atoms with Crippen LogP contribution >= 0.6 is 27.5 Å². The smallest absolute Gasteiger partial charge is 0.0488 e. The Morgan fingerprint density at radius 1 is 1.25 bits per heavy atom. The average molecular weight is 298 g/mol. The van der Waals surface area contributed by atoms with Gasteiger partial charge in [0.25, 0.3) is 0 Å². The van der Waals surface area contributed by atoms with Gasteiger partial charge in [-0.2, -0.15) is 0 Å². The molecule has 2 nitrogen and oxygen atoms in total. The Balaban J connectivity index is 2.48. The number of pyridine rings is 1. The number of hydrogen-bond donors (Lipinski definition) is 1. The molecule has 2 aromatic rings. The van der Waals surface area contributed by atoms with E-state index in [1.807, 2.05) is 24.3 Å². The number of benzene rings is 1. The number of halogens is 2. The molecule has 16 heavy (non-hydrogen) atoms. The van der Waals surface area contributed by atoms with Crippen LogP contribution in [0.2, 0.25) is 5.02 Å². The molecule has 2 rings (SSSR count). The van der Waals surface area contributed by atoms with Crippen LogP contribution in [-0.2, 0) is 6.54 Å². The molecule has 0 saturated heterocycles. The van der Waals surface area contributed by atoms with Gasteiger partial charge in [-0.05, 0) is 33.6 Å². The topological polar surface area (TPSA) is 38.9 Å². The first-order valence-corrected chi connectivity index (χ1v) is 5.97. The minimum Gasteiger partial charge on any atom is -0.326 e. The molecule has 0 amide bonds. The Morgan fingerprint density at radius 2 is 2.06 bits per heavy atom. The van der Waals surface area contributed by atoms with Gasteiger partial charge in [0.1, 0.15) is 0 Å². The molecule has 1 aromatic carbocycles. The molecule has 0 saturated carbocycles. The van der Waals surface area contributed by atoms with Crippen LogP contribution in [0, 0.1) is 0 Å². The highest BCUT2D eigenvalue weighted by Gasteiger charge is 2.05. The monoisotopic (exact) mass is 296 g/mol. The summed E-state index contributed by atoms with van der Waals surface area (Å²) >= 11 is 9.58. The molecule has 2 N–H and O–H groups in total. The molecule has 1 heterocycles. The van der Waals surface area contributed by atoms with Crippen molar-refractivity contribution in [1.29, 1.82) is 0 Å². The van der Waals surface area contributed by atoms with Crippen LogP contribution in [0.1, 0.15) is 5.56 Å². The fourth-order valence-electron chi connectivity index (χ4n) is 1.48. The van der Waals surface area contributed by atoms with E-state index in [4.69, 9.17) is 17.3 Å². The van der Waals surface area contributed by atoms with Gasteiger partial charge in [-0.1, -0.05) is 23.7 Å². The maximum atomic E-state index is 6.20. The molecule has 0 spiro atoms. The Morgan fingerprint density at radius 3 is 2.69 bits per heavy atom. The molecule has 1 aromatic heterocycles. The Bertz CT molecular complexity index is 514. The highest BCUT2D eigenvalue weighted by molar-refractivity contribution is 9.10. The van der Waals surface area contributed by atoms with Crippen LogP contribution in [0.5, 0.6) is 0 Å². The van der Waals surface area contributed by atoms with E-state index in [9.17, 15) is 0 Å². The minimum atomic E-state index is 0.497. The minimum absolute atomic E-state index is 0.497. The maximum Gasteiger partial charge on any atom is 0.0488 e. The largest absolute Gasteiger partial charge is 0.326 e. The number of aromatic nitrogens is 1. The third-order valence-electron chi connectivity index (χ3n) is 2.29. The first-order chi connectivity index (χ1) is 7.70. The lowest BCUT2D eigenvalue weighted by molar-refractivity contribution is 1.07. The summed E-state index contributed by atoms with van der Waals surface area (Å²) in [5, 5.41) is 0.697. The zero-order valence-corrected chi connectivity index (χ0v) is 10.8. The quantitative estimate of drug-likeness (QED) is 0.919. The third-order valence-corrected chi connectivity index (χ3v) is 3.03. The molecule has 0 bridgehead atoms. The summed E-state index contributed by atoms with van der Waals surface area (Å²) in [5.41, 5.74) is 8.53. The first-order valence-electron chi connectivity index (χ1n) is 4.80. The summed E-state index contributed by atoms with van der Waals surface area (Å²) in [6, 6.07) is 7.81. The second-order valence-corrected chi connectivity index (χ2v) is 4.73. The van der Waals surface area contributed by atoms with E-state index in [1.165, 1.54) is 0 Å². The van der Waals surface area contributed by atoms with Crippen LogP contribution < -0.4 is 5.73 Å². The van der Waals surface area contributed by atoms with E-state index in [-0.39, 0.29) is 0 Å². The van der Waals surface area contributed by atoms with Gasteiger partial charge in [-0.15, -0.1) is 0 Å². The zero-order valence-electron chi connectivity index (χ0n) is 8.45. The summed E-state index contributed by atoms with van der Waals surface area (Å²) in [4.78, 5) is 4.11. The normalized spacial score (nSPS) is 10.4. The standard InChI is InChI=1S/C12H10BrClN2/c13-10-4-9(6-16-7-10)11-2-1-8(5-15)3-12(11)14/h1-4,6-7H,5,15H2. The van der Waals surface area contributed by atoms with Gasteiger partial charge in [0, 0.05) is 39.6 Å². The molecule has 82 valence electrons. The van der Waals surface area contributed by atoms with Crippen LogP contribution in [0.25, 0.3) is 11.1 Å². The first kappa shape index (κ1) is 11.6. The zero-order chi connectivity index (χ0) is 11.5. The molecular formula is C12H10BrClN2. The summed E-state index contributed by atoms with van der Waals surface area (Å²) in [7, 11) is 0. The van der Waals surface area contributed by atoms with E-state index in [0.29, 0.717) is 11.6 Å². The molecule has 4 heteroatoms. The van der Waals surface area contributed by atoms with Gasteiger partial charge in [-0.25, -0.2) is 0 Å². The predicted molar refractivity (Wildman–Crippen MR) is 70.3 cm³/mol. The summed E-state index contributed by atoms with van der Waals surface area (Å²) in [5.74, 6) is 0. The van der Waals surface area contributed by atoms with Gasteiger partial charge in [0.05, 0.1) is 0 Å². The fourth-order valence-corrected chi connectivity index (χ4v) is 2.16. The highest BCUT2D eigenvalue weighted by Crippen LogP contribution is 2.29. The van der Waals surface area contributed by atoms with Crippen molar-refractivity contribution in [1.82, 2.24) is 4.98 Å². The van der Waals surface area contributed by atoms with E-state index >= 15 is 0 Å². The van der Waals surface area contributed by atoms with Gasteiger partial charge < -0.3 is 5.73 Å². The third kappa shape index (κ3) is 2.43. The molecule has 0 aliphatic rings. The average Bonchev–Trinajstić information content (AvgIpc) is 2.28. The van der Waals surface area contributed by atoms with Crippen molar-refractivity contribution in [3.63, 3.8) is 0 Å². The van der Waals surface area contributed by atoms with E-state index in [1.54, 1.807) is 12.4 Å². The molecule has 0 fully saturated rings. The molecule has 0 aliphatic carbocycles. The Kier molecular flexibility index (Phi) is 3.59. The SMILES string of the molecule is NCc1ccc(-c2cncc(Br)c2)c(Cl)c1. The van der Waals surface area contributed by atoms with Crippen molar-refractivity contribution in [2.75, 3.05) is 0 Å².